The van der Waals surface area contributed by atoms with E-state index in [0.29, 0.717) is 0 Å². The van der Waals surface area contributed by atoms with Gasteiger partial charge in [0.15, 0.2) is 0 Å². The fraction of sp³-hybridized carbons (Fsp3) is 0. The summed E-state index contributed by atoms with van der Waals surface area (Å²) in [6.45, 7) is 0. The van der Waals surface area contributed by atoms with Crippen LogP contribution >= 0.6 is 0 Å². The van der Waals surface area contributed by atoms with E-state index >= 15 is 0 Å². The van der Waals surface area contributed by atoms with E-state index in [4.69, 9.17) is 9.97 Å². The van der Waals surface area contributed by atoms with Gasteiger partial charge in [-0.05, 0) is 96.9 Å². The Morgan fingerprint density at radius 2 is 0.830 bits per heavy atom. The summed E-state index contributed by atoms with van der Waals surface area (Å²) >= 11 is 0. The second kappa shape index (κ2) is 12.9. The number of aromatic nitrogens is 3. The van der Waals surface area contributed by atoms with Gasteiger partial charge in [-0.2, -0.15) is 0 Å². The van der Waals surface area contributed by atoms with Crippen LogP contribution in [0, 0.1) is 0 Å². The molecular weight excluding hydrogens is 643 g/mol. The predicted molar refractivity (Wildman–Crippen MR) is 221 cm³/mol. The van der Waals surface area contributed by atoms with Crippen LogP contribution in [0.5, 0.6) is 0 Å². The van der Waals surface area contributed by atoms with E-state index in [9.17, 15) is 0 Å². The molecule has 0 amide bonds. The molecule has 0 unspecified atom stereocenters. The highest BCUT2D eigenvalue weighted by Crippen LogP contribution is 2.47. The number of benzene rings is 8. The van der Waals surface area contributed by atoms with Gasteiger partial charge in [0.05, 0.1) is 11.0 Å². The Balaban J connectivity index is 1.27. The average molecular weight is 676 g/mol. The van der Waals surface area contributed by atoms with Crippen molar-refractivity contribution in [3.05, 3.63) is 200 Å². The van der Waals surface area contributed by atoms with Crippen molar-refractivity contribution in [2.24, 2.45) is 0 Å². The van der Waals surface area contributed by atoms with E-state index in [1.54, 1.807) is 0 Å². The van der Waals surface area contributed by atoms with Gasteiger partial charge in [0.2, 0.25) is 0 Å². The summed E-state index contributed by atoms with van der Waals surface area (Å²) in [7, 11) is 0. The number of para-hydroxylation sites is 2. The normalized spacial score (nSPS) is 11.4. The van der Waals surface area contributed by atoms with Crippen molar-refractivity contribution < 1.29 is 0 Å². The summed E-state index contributed by atoms with van der Waals surface area (Å²) in [5.74, 6) is 1.70. The lowest BCUT2D eigenvalue weighted by Crippen LogP contribution is -2.00. The maximum Gasteiger partial charge on any atom is 0.146 e. The molecule has 2 heterocycles. The maximum atomic E-state index is 5.20. The second-order valence-electron chi connectivity index (χ2n) is 13.4. The Hall–Kier alpha value is -7.10. The van der Waals surface area contributed by atoms with Gasteiger partial charge in [0.25, 0.3) is 0 Å². The quantitative estimate of drug-likeness (QED) is 0.164. The minimum absolute atomic E-state index is 0.826. The van der Waals surface area contributed by atoms with Gasteiger partial charge in [-0.3, -0.25) is 4.57 Å². The molecule has 3 nitrogen and oxygen atoms in total. The van der Waals surface area contributed by atoms with Gasteiger partial charge in [0, 0.05) is 17.3 Å². The summed E-state index contributed by atoms with van der Waals surface area (Å²) in [6, 6.07) is 68.9. The van der Waals surface area contributed by atoms with Gasteiger partial charge in [-0.1, -0.05) is 158 Å². The average Bonchev–Trinajstić information content (AvgIpc) is 3.63. The monoisotopic (exact) mass is 675 g/mol. The number of hydrogen-bond acceptors (Lipinski definition) is 2. The van der Waals surface area contributed by atoms with Crippen LogP contribution in [0.15, 0.2) is 200 Å². The third-order valence-electron chi connectivity index (χ3n) is 10.3. The molecular formula is C50H33N3. The van der Waals surface area contributed by atoms with Crippen LogP contribution in [-0.4, -0.2) is 14.5 Å². The van der Waals surface area contributed by atoms with Gasteiger partial charge in [0.1, 0.15) is 11.6 Å². The molecule has 0 saturated carbocycles. The van der Waals surface area contributed by atoms with Crippen LogP contribution < -0.4 is 0 Å². The zero-order chi connectivity index (χ0) is 35.1. The molecule has 0 radical (unpaired) electrons. The lowest BCUT2D eigenvalue weighted by molar-refractivity contribution is 1.03. The molecule has 0 bridgehead atoms. The first-order valence-corrected chi connectivity index (χ1v) is 18.0. The Morgan fingerprint density at radius 3 is 1.38 bits per heavy atom. The van der Waals surface area contributed by atoms with Crippen LogP contribution in [0.4, 0.5) is 0 Å². The molecule has 3 heteroatoms. The summed E-state index contributed by atoms with van der Waals surface area (Å²) in [5.41, 5.74) is 12.4. The molecule has 10 rings (SSSR count). The third kappa shape index (κ3) is 5.30. The summed E-state index contributed by atoms with van der Waals surface area (Å²) < 4.78 is 2.17. The van der Waals surface area contributed by atoms with Crippen molar-refractivity contribution in [3.63, 3.8) is 0 Å². The molecule has 53 heavy (non-hydrogen) atoms. The molecule has 0 aliphatic heterocycles. The molecule has 0 fully saturated rings. The van der Waals surface area contributed by atoms with Crippen molar-refractivity contribution >= 4 is 32.6 Å². The first-order chi connectivity index (χ1) is 26.3. The van der Waals surface area contributed by atoms with Gasteiger partial charge in [-0.15, -0.1) is 0 Å². The topological polar surface area (TPSA) is 30.7 Å². The molecule has 0 aliphatic rings. The molecule has 248 valence electrons. The summed E-state index contributed by atoms with van der Waals surface area (Å²) in [6.07, 6.45) is 2.04. The second-order valence-corrected chi connectivity index (χ2v) is 13.4. The number of imidazole rings is 1. The van der Waals surface area contributed by atoms with Crippen molar-refractivity contribution in [2.45, 2.75) is 0 Å². The Kier molecular flexibility index (Phi) is 7.47. The fourth-order valence-electron chi connectivity index (χ4n) is 7.87. The SMILES string of the molecule is c1ccc(-c2cc3c(-c4ccccc4)c4ccccc4c(-c4ccc(-n5c(-c6ccccc6)nc6ccccc65)nc4)c3cc2-c2ccccc2)cc1. The first kappa shape index (κ1) is 30.7. The Bertz CT molecular complexity index is 2900. The van der Waals surface area contributed by atoms with Crippen LogP contribution in [0.3, 0.4) is 0 Å². The van der Waals surface area contributed by atoms with Gasteiger partial charge < -0.3 is 0 Å². The minimum Gasteiger partial charge on any atom is -0.276 e. The number of pyridine rings is 1. The largest absolute Gasteiger partial charge is 0.276 e. The Labute approximate surface area is 308 Å². The van der Waals surface area contributed by atoms with Crippen LogP contribution in [0.25, 0.3) is 94.3 Å². The third-order valence-corrected chi connectivity index (χ3v) is 10.3. The first-order valence-electron chi connectivity index (χ1n) is 18.0. The van der Waals surface area contributed by atoms with E-state index in [2.05, 4.69) is 187 Å². The van der Waals surface area contributed by atoms with Gasteiger partial charge in [-0.25, -0.2) is 9.97 Å². The highest BCUT2D eigenvalue weighted by atomic mass is 15.1. The molecule has 0 saturated heterocycles. The lowest BCUT2D eigenvalue weighted by Gasteiger charge is -2.21. The molecule has 8 aromatic carbocycles. The van der Waals surface area contributed by atoms with Crippen LogP contribution in [-0.2, 0) is 0 Å². The lowest BCUT2D eigenvalue weighted by atomic mass is 9.82. The van der Waals surface area contributed by atoms with Crippen molar-refractivity contribution in [2.75, 3.05) is 0 Å². The highest BCUT2D eigenvalue weighted by Gasteiger charge is 2.21. The molecule has 0 atom stereocenters. The van der Waals surface area contributed by atoms with E-state index in [1.807, 2.05) is 18.3 Å². The minimum atomic E-state index is 0.826. The number of fused-ring (bicyclic) bond motifs is 3. The molecule has 2 aromatic heterocycles. The van der Waals surface area contributed by atoms with Crippen molar-refractivity contribution in [1.82, 2.24) is 14.5 Å². The molecule has 0 N–H and O–H groups in total. The number of rotatable bonds is 6. The van der Waals surface area contributed by atoms with Crippen LogP contribution in [0.2, 0.25) is 0 Å². The van der Waals surface area contributed by atoms with E-state index in [0.717, 1.165) is 33.8 Å². The highest BCUT2D eigenvalue weighted by molar-refractivity contribution is 6.23. The van der Waals surface area contributed by atoms with Gasteiger partial charge >= 0.3 is 0 Å². The van der Waals surface area contributed by atoms with E-state index in [1.165, 1.54) is 60.5 Å². The fourth-order valence-corrected chi connectivity index (χ4v) is 7.87. The maximum absolute atomic E-state index is 5.20. The zero-order valence-electron chi connectivity index (χ0n) is 28.9. The smallest absolute Gasteiger partial charge is 0.146 e. The Morgan fingerprint density at radius 1 is 0.358 bits per heavy atom. The van der Waals surface area contributed by atoms with Crippen molar-refractivity contribution in [3.8, 4) is 61.7 Å². The van der Waals surface area contributed by atoms with Crippen LogP contribution in [0.1, 0.15) is 0 Å². The van der Waals surface area contributed by atoms with Crippen molar-refractivity contribution in [1.29, 1.82) is 0 Å². The standard InChI is InChI=1S/C50H33N3/c1-5-17-34(18-6-1)41-31-43-44(32-42(41)35-19-7-2-8-20-35)49(40-26-14-13-25-39(40)48(43)36-21-9-3-10-22-36)38-29-30-47(51-33-38)53-46-28-16-15-27-45(46)52-50(53)37-23-11-4-12-24-37/h1-33H. The molecule has 0 spiro atoms. The number of hydrogen-bond donors (Lipinski definition) is 0. The van der Waals surface area contributed by atoms with E-state index in [-0.39, 0.29) is 0 Å². The molecule has 0 aliphatic carbocycles. The summed E-state index contributed by atoms with van der Waals surface area (Å²) in [5, 5.41) is 4.80. The number of nitrogens with zero attached hydrogens (tertiary/aromatic N) is 3. The predicted octanol–water partition coefficient (Wildman–Crippen LogP) is 13.1. The molecule has 10 aromatic rings. The van der Waals surface area contributed by atoms with E-state index < -0.39 is 0 Å². The zero-order valence-corrected chi connectivity index (χ0v) is 28.9. The summed E-state index contributed by atoms with van der Waals surface area (Å²) in [4.78, 5) is 10.3.